The monoisotopic (exact) mass is 365 g/mol. The van der Waals surface area contributed by atoms with E-state index in [9.17, 15) is 4.79 Å². The van der Waals surface area contributed by atoms with Gasteiger partial charge in [-0.05, 0) is 52.0 Å². The topological polar surface area (TPSA) is 77.2 Å². The molecule has 0 bridgehead atoms. The quantitative estimate of drug-likeness (QED) is 0.739. The lowest BCUT2D eigenvalue weighted by Gasteiger charge is -2.20. The van der Waals surface area contributed by atoms with Crippen molar-refractivity contribution < 1.29 is 14.1 Å². The minimum Gasteiger partial charge on any atom is -0.484 e. The summed E-state index contributed by atoms with van der Waals surface area (Å²) >= 11 is 0. The highest BCUT2D eigenvalue weighted by Gasteiger charge is 2.14. The van der Waals surface area contributed by atoms with Crippen LogP contribution in [-0.4, -0.2) is 28.2 Å². The van der Waals surface area contributed by atoms with Crippen LogP contribution in [-0.2, 0) is 4.79 Å². The van der Waals surface area contributed by atoms with Gasteiger partial charge in [-0.3, -0.25) is 4.79 Å². The first-order valence-corrected chi connectivity index (χ1v) is 8.75. The number of carbonyl (C=O) groups is 1. The summed E-state index contributed by atoms with van der Waals surface area (Å²) in [5.41, 5.74) is 2.58. The number of ether oxygens (including phenoxy) is 1. The Morgan fingerprint density at radius 3 is 2.30 bits per heavy atom. The van der Waals surface area contributed by atoms with Gasteiger partial charge >= 0.3 is 0 Å². The van der Waals surface area contributed by atoms with Crippen LogP contribution in [0.3, 0.4) is 0 Å². The third-order valence-electron chi connectivity index (χ3n) is 3.72. The van der Waals surface area contributed by atoms with Crippen molar-refractivity contribution in [2.24, 2.45) is 0 Å². The molecule has 0 radical (unpaired) electrons. The molecule has 0 fully saturated rings. The average molecular weight is 365 g/mol. The first-order valence-electron chi connectivity index (χ1n) is 8.75. The zero-order chi connectivity index (χ0) is 19.4. The van der Waals surface area contributed by atoms with E-state index in [1.54, 1.807) is 12.1 Å². The van der Waals surface area contributed by atoms with Gasteiger partial charge in [-0.1, -0.05) is 35.0 Å². The van der Waals surface area contributed by atoms with Gasteiger partial charge in [-0.15, -0.1) is 0 Å². The van der Waals surface area contributed by atoms with Gasteiger partial charge in [0.2, 0.25) is 5.82 Å². The van der Waals surface area contributed by atoms with Gasteiger partial charge < -0.3 is 14.6 Å². The maximum atomic E-state index is 11.8. The molecule has 0 aliphatic rings. The molecule has 0 saturated carbocycles. The number of rotatable bonds is 5. The Morgan fingerprint density at radius 2 is 1.67 bits per heavy atom. The maximum absolute atomic E-state index is 11.8. The summed E-state index contributed by atoms with van der Waals surface area (Å²) < 4.78 is 10.9. The first kappa shape index (κ1) is 18.6. The number of nitrogens with zero attached hydrogens (tertiary/aromatic N) is 2. The summed E-state index contributed by atoms with van der Waals surface area (Å²) in [5.74, 6) is 1.42. The van der Waals surface area contributed by atoms with Crippen LogP contribution in [0.2, 0.25) is 0 Å². The molecule has 1 N–H and O–H groups in total. The molecule has 0 aliphatic carbocycles. The Hall–Kier alpha value is -3.15. The van der Waals surface area contributed by atoms with Crippen molar-refractivity contribution >= 4 is 5.91 Å². The smallest absolute Gasteiger partial charge is 0.258 e. The Morgan fingerprint density at radius 1 is 1.04 bits per heavy atom. The van der Waals surface area contributed by atoms with Crippen LogP contribution in [0.4, 0.5) is 0 Å². The van der Waals surface area contributed by atoms with Gasteiger partial charge in [0.15, 0.2) is 6.61 Å². The summed E-state index contributed by atoms with van der Waals surface area (Å²) in [5, 5.41) is 6.89. The molecule has 6 nitrogen and oxygen atoms in total. The molecule has 2 aromatic carbocycles. The third-order valence-corrected chi connectivity index (χ3v) is 3.72. The van der Waals surface area contributed by atoms with Gasteiger partial charge in [0, 0.05) is 16.7 Å². The molecule has 6 heteroatoms. The molecular formula is C21H23N3O3. The highest BCUT2D eigenvalue weighted by atomic mass is 16.5. The fourth-order valence-electron chi connectivity index (χ4n) is 2.46. The van der Waals surface area contributed by atoms with E-state index in [0.717, 1.165) is 11.1 Å². The fraction of sp³-hybridized carbons (Fsp3) is 0.286. The van der Waals surface area contributed by atoms with E-state index in [-0.39, 0.29) is 18.1 Å². The lowest BCUT2D eigenvalue weighted by Crippen LogP contribution is -2.43. The SMILES string of the molecule is Cc1ccc(-c2noc(-c3ccc(OCC(=O)NC(C)(C)C)cc3)n2)cc1. The number of carbonyl (C=O) groups excluding carboxylic acids is 1. The molecule has 1 amide bonds. The molecule has 1 aromatic heterocycles. The van der Waals surface area contributed by atoms with Gasteiger partial charge in [0.25, 0.3) is 11.8 Å². The van der Waals surface area contributed by atoms with E-state index in [1.165, 1.54) is 5.56 Å². The van der Waals surface area contributed by atoms with E-state index in [1.807, 2.05) is 64.1 Å². The van der Waals surface area contributed by atoms with E-state index in [0.29, 0.717) is 17.5 Å². The van der Waals surface area contributed by atoms with Crippen molar-refractivity contribution in [2.45, 2.75) is 33.2 Å². The molecule has 3 aromatic rings. The molecule has 0 atom stereocenters. The first-order chi connectivity index (χ1) is 12.8. The van der Waals surface area contributed by atoms with E-state index >= 15 is 0 Å². The van der Waals surface area contributed by atoms with Crippen LogP contribution in [0.25, 0.3) is 22.8 Å². The van der Waals surface area contributed by atoms with E-state index in [2.05, 4.69) is 15.5 Å². The molecule has 1 heterocycles. The predicted octanol–water partition coefficient (Wildman–Crippen LogP) is 4.01. The third kappa shape index (κ3) is 5.17. The standard InChI is InChI=1S/C21H23N3O3/c1-14-5-7-15(8-6-14)19-22-20(27-24-19)16-9-11-17(12-10-16)26-13-18(25)23-21(2,3)4/h5-12H,13H2,1-4H3,(H,23,25). The summed E-state index contributed by atoms with van der Waals surface area (Å²) in [4.78, 5) is 16.3. The van der Waals surface area contributed by atoms with Crippen molar-refractivity contribution in [2.75, 3.05) is 6.61 Å². The number of benzene rings is 2. The molecule has 27 heavy (non-hydrogen) atoms. The Balaban J connectivity index is 1.64. The van der Waals surface area contributed by atoms with Crippen LogP contribution in [0.1, 0.15) is 26.3 Å². The lowest BCUT2D eigenvalue weighted by molar-refractivity contribution is -0.124. The number of nitrogens with one attached hydrogen (secondary N) is 1. The number of amides is 1. The minimum absolute atomic E-state index is 0.0330. The van der Waals surface area contributed by atoms with Gasteiger partial charge in [-0.2, -0.15) is 4.98 Å². The molecule has 0 unspecified atom stereocenters. The Kier molecular flexibility index (Phi) is 5.26. The zero-order valence-electron chi connectivity index (χ0n) is 15.9. The second-order valence-corrected chi connectivity index (χ2v) is 7.40. The molecular weight excluding hydrogens is 342 g/mol. The number of hydrogen-bond acceptors (Lipinski definition) is 5. The van der Waals surface area contributed by atoms with Crippen LogP contribution < -0.4 is 10.1 Å². The van der Waals surface area contributed by atoms with Gasteiger partial charge in [0.05, 0.1) is 0 Å². The van der Waals surface area contributed by atoms with Crippen LogP contribution >= 0.6 is 0 Å². The maximum Gasteiger partial charge on any atom is 0.258 e. The largest absolute Gasteiger partial charge is 0.484 e. The second kappa shape index (κ2) is 7.61. The summed E-state index contributed by atoms with van der Waals surface area (Å²) in [6.45, 7) is 7.77. The van der Waals surface area contributed by atoms with Gasteiger partial charge in [-0.25, -0.2) is 0 Å². The molecule has 3 rings (SSSR count). The molecule has 0 saturated heterocycles. The van der Waals surface area contributed by atoms with E-state index < -0.39 is 0 Å². The number of aromatic nitrogens is 2. The van der Waals surface area contributed by atoms with Crippen molar-refractivity contribution in [1.29, 1.82) is 0 Å². The molecule has 0 spiro atoms. The summed E-state index contributed by atoms with van der Waals surface area (Å²) in [6, 6.07) is 15.1. The van der Waals surface area contributed by atoms with E-state index in [4.69, 9.17) is 9.26 Å². The highest BCUT2D eigenvalue weighted by Crippen LogP contribution is 2.24. The lowest BCUT2D eigenvalue weighted by atomic mass is 10.1. The molecule has 140 valence electrons. The Bertz CT molecular complexity index is 907. The fourth-order valence-corrected chi connectivity index (χ4v) is 2.46. The predicted molar refractivity (Wildman–Crippen MR) is 103 cm³/mol. The Labute approximate surface area is 158 Å². The number of hydrogen-bond donors (Lipinski definition) is 1. The van der Waals surface area contributed by atoms with Crippen LogP contribution in [0, 0.1) is 6.92 Å². The minimum atomic E-state index is -0.280. The van der Waals surface area contributed by atoms with Gasteiger partial charge in [0.1, 0.15) is 5.75 Å². The van der Waals surface area contributed by atoms with Crippen molar-refractivity contribution in [3.63, 3.8) is 0 Å². The summed E-state index contributed by atoms with van der Waals surface area (Å²) in [6.07, 6.45) is 0. The highest BCUT2D eigenvalue weighted by molar-refractivity contribution is 5.78. The average Bonchev–Trinajstić information content (AvgIpc) is 3.10. The van der Waals surface area contributed by atoms with Crippen molar-refractivity contribution in [3.8, 4) is 28.6 Å². The van der Waals surface area contributed by atoms with Crippen molar-refractivity contribution in [1.82, 2.24) is 15.5 Å². The number of aryl methyl sites for hydroxylation is 1. The normalized spacial score (nSPS) is 11.3. The van der Waals surface area contributed by atoms with Crippen LogP contribution in [0.5, 0.6) is 5.75 Å². The second-order valence-electron chi connectivity index (χ2n) is 7.40. The summed E-state index contributed by atoms with van der Waals surface area (Å²) in [7, 11) is 0. The van der Waals surface area contributed by atoms with Crippen LogP contribution in [0.15, 0.2) is 53.1 Å². The zero-order valence-corrected chi connectivity index (χ0v) is 15.9. The van der Waals surface area contributed by atoms with Crippen molar-refractivity contribution in [3.05, 3.63) is 54.1 Å². The molecule has 0 aliphatic heterocycles.